The third kappa shape index (κ3) is 2.69. The first kappa shape index (κ1) is 13.8. The number of hydrogen-bond acceptors (Lipinski definition) is 3. The molecular formula is C15H22N4. The zero-order valence-electron chi connectivity index (χ0n) is 12.1. The Morgan fingerprint density at radius 2 is 1.89 bits per heavy atom. The Morgan fingerprint density at radius 1 is 1.26 bits per heavy atom. The summed E-state index contributed by atoms with van der Waals surface area (Å²) in [6.45, 7) is 9.31. The van der Waals surface area contributed by atoms with Gasteiger partial charge in [-0.15, -0.1) is 0 Å². The smallest absolute Gasteiger partial charge is 0.0745 e. The third-order valence-corrected chi connectivity index (χ3v) is 3.50. The lowest BCUT2D eigenvalue weighted by molar-refractivity contribution is 0.624. The Morgan fingerprint density at radius 3 is 2.37 bits per heavy atom. The number of aryl methyl sites for hydroxylation is 4. The molecule has 4 heteroatoms. The van der Waals surface area contributed by atoms with E-state index in [4.69, 9.17) is 5.84 Å². The van der Waals surface area contributed by atoms with Gasteiger partial charge in [0.1, 0.15) is 0 Å². The number of nitrogens with one attached hydrogen (secondary N) is 1. The second kappa shape index (κ2) is 5.55. The highest BCUT2D eigenvalue weighted by Crippen LogP contribution is 2.28. The van der Waals surface area contributed by atoms with Crippen molar-refractivity contribution in [3.05, 3.63) is 52.3 Å². The van der Waals surface area contributed by atoms with Crippen molar-refractivity contribution in [1.82, 2.24) is 15.2 Å². The third-order valence-electron chi connectivity index (χ3n) is 3.50. The van der Waals surface area contributed by atoms with Crippen LogP contribution in [-0.4, -0.2) is 9.78 Å². The van der Waals surface area contributed by atoms with Crippen LogP contribution in [0.3, 0.4) is 0 Å². The van der Waals surface area contributed by atoms with Crippen molar-refractivity contribution in [2.24, 2.45) is 5.84 Å². The predicted octanol–water partition coefficient (Wildman–Crippen LogP) is 2.38. The summed E-state index contributed by atoms with van der Waals surface area (Å²) in [4.78, 5) is 0. The van der Waals surface area contributed by atoms with Crippen LogP contribution in [0.5, 0.6) is 0 Å². The average molecular weight is 258 g/mol. The fourth-order valence-electron chi connectivity index (χ4n) is 2.69. The van der Waals surface area contributed by atoms with Gasteiger partial charge < -0.3 is 0 Å². The SMILES string of the molecule is CCn1cc(C(NN)c2c(C)cc(C)cc2C)cn1. The van der Waals surface area contributed by atoms with Crippen LogP contribution in [0.15, 0.2) is 24.5 Å². The molecule has 0 aliphatic heterocycles. The first-order valence-corrected chi connectivity index (χ1v) is 6.63. The van der Waals surface area contributed by atoms with Gasteiger partial charge in [-0.05, 0) is 44.4 Å². The van der Waals surface area contributed by atoms with Crippen molar-refractivity contribution in [3.63, 3.8) is 0 Å². The lowest BCUT2D eigenvalue weighted by Crippen LogP contribution is -2.29. The van der Waals surface area contributed by atoms with Crippen molar-refractivity contribution in [1.29, 1.82) is 0 Å². The van der Waals surface area contributed by atoms with Gasteiger partial charge >= 0.3 is 0 Å². The summed E-state index contributed by atoms with van der Waals surface area (Å²) >= 11 is 0. The van der Waals surface area contributed by atoms with Gasteiger partial charge in [0.15, 0.2) is 0 Å². The summed E-state index contributed by atoms with van der Waals surface area (Å²) in [6, 6.07) is 4.37. The van der Waals surface area contributed by atoms with E-state index in [-0.39, 0.29) is 6.04 Å². The van der Waals surface area contributed by atoms with Crippen LogP contribution in [-0.2, 0) is 6.54 Å². The quantitative estimate of drug-likeness (QED) is 0.654. The molecule has 0 saturated heterocycles. The second-order valence-corrected chi connectivity index (χ2v) is 5.04. The van der Waals surface area contributed by atoms with Gasteiger partial charge in [0.25, 0.3) is 0 Å². The van der Waals surface area contributed by atoms with Gasteiger partial charge in [-0.25, -0.2) is 5.43 Å². The van der Waals surface area contributed by atoms with E-state index in [1.165, 1.54) is 22.3 Å². The van der Waals surface area contributed by atoms with Gasteiger partial charge in [0.2, 0.25) is 0 Å². The van der Waals surface area contributed by atoms with Gasteiger partial charge in [-0.2, -0.15) is 5.10 Å². The van der Waals surface area contributed by atoms with Crippen LogP contribution >= 0.6 is 0 Å². The summed E-state index contributed by atoms with van der Waals surface area (Å²) in [5.74, 6) is 5.78. The maximum atomic E-state index is 5.78. The van der Waals surface area contributed by atoms with E-state index in [0.29, 0.717) is 0 Å². The monoisotopic (exact) mass is 258 g/mol. The summed E-state index contributed by atoms with van der Waals surface area (Å²) in [6.07, 6.45) is 3.93. The van der Waals surface area contributed by atoms with Crippen LogP contribution < -0.4 is 11.3 Å². The standard InChI is InChI=1S/C15H22N4/c1-5-19-9-13(8-17-19)15(18-16)14-11(3)6-10(2)7-12(14)4/h6-9,15,18H,5,16H2,1-4H3. The fraction of sp³-hybridized carbons (Fsp3) is 0.400. The lowest BCUT2D eigenvalue weighted by atomic mass is 9.91. The fourth-order valence-corrected chi connectivity index (χ4v) is 2.69. The van der Waals surface area contributed by atoms with E-state index in [9.17, 15) is 0 Å². The van der Waals surface area contributed by atoms with E-state index in [2.05, 4.69) is 50.4 Å². The molecule has 1 aromatic carbocycles. The Labute approximate surface area is 114 Å². The van der Waals surface area contributed by atoms with Crippen LogP contribution in [0.4, 0.5) is 0 Å². The summed E-state index contributed by atoms with van der Waals surface area (Å²) in [5, 5.41) is 4.33. The largest absolute Gasteiger partial charge is 0.273 e. The van der Waals surface area contributed by atoms with Gasteiger partial charge in [0, 0.05) is 18.3 Å². The Hall–Kier alpha value is -1.65. The van der Waals surface area contributed by atoms with Crippen molar-refractivity contribution < 1.29 is 0 Å². The highest BCUT2D eigenvalue weighted by atomic mass is 15.3. The molecule has 2 aromatic rings. The number of nitrogens with zero attached hydrogens (tertiary/aromatic N) is 2. The Kier molecular flexibility index (Phi) is 4.02. The number of aromatic nitrogens is 2. The minimum absolute atomic E-state index is 0.0131. The highest BCUT2D eigenvalue weighted by Gasteiger charge is 2.18. The van der Waals surface area contributed by atoms with Gasteiger partial charge in [0.05, 0.1) is 12.2 Å². The van der Waals surface area contributed by atoms with Gasteiger partial charge in [-0.3, -0.25) is 10.5 Å². The molecule has 0 fully saturated rings. The minimum Gasteiger partial charge on any atom is -0.273 e. The molecular weight excluding hydrogens is 236 g/mol. The van der Waals surface area contributed by atoms with Crippen LogP contribution in [0.25, 0.3) is 0 Å². The van der Waals surface area contributed by atoms with Crippen LogP contribution in [0, 0.1) is 20.8 Å². The normalized spacial score (nSPS) is 12.7. The van der Waals surface area contributed by atoms with Crippen molar-refractivity contribution >= 4 is 0 Å². The van der Waals surface area contributed by atoms with E-state index in [1.54, 1.807) is 0 Å². The van der Waals surface area contributed by atoms with Crippen molar-refractivity contribution in [3.8, 4) is 0 Å². The number of hydrogen-bond donors (Lipinski definition) is 2. The molecule has 0 spiro atoms. The molecule has 0 bridgehead atoms. The van der Waals surface area contributed by atoms with E-state index >= 15 is 0 Å². The van der Waals surface area contributed by atoms with Crippen molar-refractivity contribution in [2.45, 2.75) is 40.3 Å². The molecule has 1 heterocycles. The first-order chi connectivity index (χ1) is 9.06. The Bertz CT molecular complexity index is 548. The molecule has 1 unspecified atom stereocenters. The Balaban J connectivity index is 2.47. The lowest BCUT2D eigenvalue weighted by Gasteiger charge is -2.20. The molecule has 19 heavy (non-hydrogen) atoms. The zero-order valence-corrected chi connectivity index (χ0v) is 12.1. The summed E-state index contributed by atoms with van der Waals surface area (Å²) in [7, 11) is 0. The topological polar surface area (TPSA) is 55.9 Å². The van der Waals surface area contributed by atoms with Crippen LogP contribution in [0.1, 0.15) is 40.8 Å². The molecule has 0 aliphatic rings. The minimum atomic E-state index is -0.0131. The molecule has 3 N–H and O–H groups in total. The number of hydrazine groups is 1. The molecule has 2 rings (SSSR count). The van der Waals surface area contributed by atoms with Gasteiger partial charge in [-0.1, -0.05) is 17.7 Å². The molecule has 4 nitrogen and oxygen atoms in total. The highest BCUT2D eigenvalue weighted by molar-refractivity contribution is 5.43. The van der Waals surface area contributed by atoms with E-state index < -0.39 is 0 Å². The zero-order chi connectivity index (χ0) is 14.0. The molecule has 1 aromatic heterocycles. The first-order valence-electron chi connectivity index (χ1n) is 6.63. The molecule has 0 aliphatic carbocycles. The van der Waals surface area contributed by atoms with E-state index in [1.807, 2.05) is 17.1 Å². The number of rotatable bonds is 4. The predicted molar refractivity (Wildman–Crippen MR) is 77.7 cm³/mol. The second-order valence-electron chi connectivity index (χ2n) is 5.04. The average Bonchev–Trinajstić information content (AvgIpc) is 2.81. The summed E-state index contributed by atoms with van der Waals surface area (Å²) in [5.41, 5.74) is 9.04. The maximum absolute atomic E-state index is 5.78. The van der Waals surface area contributed by atoms with Crippen molar-refractivity contribution in [2.75, 3.05) is 0 Å². The van der Waals surface area contributed by atoms with Crippen LogP contribution in [0.2, 0.25) is 0 Å². The maximum Gasteiger partial charge on any atom is 0.0745 e. The molecule has 102 valence electrons. The number of nitrogens with two attached hydrogens (primary N) is 1. The summed E-state index contributed by atoms with van der Waals surface area (Å²) < 4.78 is 1.92. The number of benzene rings is 1. The van der Waals surface area contributed by atoms with E-state index in [0.717, 1.165) is 12.1 Å². The molecule has 0 radical (unpaired) electrons. The molecule has 0 amide bonds. The molecule has 0 saturated carbocycles. The molecule has 1 atom stereocenters.